The van der Waals surface area contributed by atoms with Crippen molar-refractivity contribution in [2.24, 2.45) is 0 Å². The molecule has 0 amide bonds. The average Bonchev–Trinajstić information content (AvgIpc) is 1.66. The maximum atomic E-state index is 8.67. The second-order valence-electron chi connectivity index (χ2n) is 1.21. The first-order valence-electron chi connectivity index (χ1n) is 2.56. The van der Waals surface area contributed by atoms with Crippen LogP contribution < -0.4 is 0 Å². The number of allylic oxidation sites excluding steroid dienone is 2. The van der Waals surface area contributed by atoms with E-state index in [4.69, 9.17) is 13.3 Å². The molecule has 0 bridgehead atoms. The van der Waals surface area contributed by atoms with E-state index >= 15 is 0 Å². The van der Waals surface area contributed by atoms with Crippen molar-refractivity contribution in [3.05, 3.63) is 12.2 Å². The van der Waals surface area contributed by atoms with Crippen LogP contribution in [0.4, 0.5) is 0 Å². The fraction of sp³-hybridized carbons (Fsp3) is 0.600. The van der Waals surface area contributed by atoms with Crippen LogP contribution in [-0.2, 0) is 11.4 Å². The monoisotopic (exact) mass is 152 g/mol. The van der Waals surface area contributed by atoms with E-state index < -0.39 is 11.4 Å². The normalized spacial score (nSPS) is 9.44. The van der Waals surface area contributed by atoms with Crippen LogP contribution in [0, 0.1) is 0 Å². The maximum absolute atomic E-state index is 8.67. The van der Waals surface area contributed by atoms with Crippen molar-refractivity contribution in [3.63, 3.8) is 0 Å². The molecule has 0 aromatic heterocycles. The van der Waals surface area contributed by atoms with Crippen molar-refractivity contribution in [2.75, 3.05) is 0 Å². The van der Waals surface area contributed by atoms with E-state index in [2.05, 4.69) is 19.1 Å². The maximum Gasteiger partial charge on any atom is 0.299 e. The van der Waals surface area contributed by atoms with Gasteiger partial charge in [0.15, 0.2) is 0 Å². The molecule has 0 aromatic rings. The van der Waals surface area contributed by atoms with Crippen LogP contribution in [0.15, 0.2) is 12.2 Å². The minimum absolute atomic E-state index is 1.16. The smallest absolute Gasteiger partial charge is 0.284 e. The molecule has 0 spiro atoms. The molecule has 0 rings (SSSR count). The Bertz CT molecular complexity index is 86.2. The topological polar surface area (TPSA) is 57.5 Å². The van der Waals surface area contributed by atoms with Crippen molar-refractivity contribution >= 4 is 11.4 Å². The molecule has 56 valence electrons. The van der Waals surface area contributed by atoms with E-state index in [-0.39, 0.29) is 0 Å². The van der Waals surface area contributed by atoms with Crippen molar-refractivity contribution < 1.29 is 13.3 Å². The van der Waals surface area contributed by atoms with Crippen LogP contribution in [0.5, 0.6) is 0 Å². The molecule has 9 heavy (non-hydrogen) atoms. The Balaban J connectivity index is 0. The van der Waals surface area contributed by atoms with Gasteiger partial charge in [-0.05, 0) is 13.3 Å². The summed E-state index contributed by atoms with van der Waals surface area (Å²) in [6.07, 6.45) is 5.34. The van der Waals surface area contributed by atoms with Crippen molar-refractivity contribution in [2.45, 2.75) is 20.3 Å². The first-order valence-corrected chi connectivity index (χ1v) is 3.62. The highest BCUT2D eigenvalue weighted by Gasteiger charge is 1.62. The Morgan fingerprint density at radius 3 is 1.89 bits per heavy atom. The summed E-state index contributed by atoms with van der Waals surface area (Å²) in [6, 6.07) is 0. The van der Waals surface area contributed by atoms with Gasteiger partial charge in [0.05, 0.1) is 0 Å². The second-order valence-corrected chi connectivity index (χ2v) is 1.67. The largest absolute Gasteiger partial charge is 0.299 e. The SMILES string of the molecule is CC=CCC.O=S(O)O. The molecule has 0 atom stereocenters. The van der Waals surface area contributed by atoms with Gasteiger partial charge >= 0.3 is 0 Å². The van der Waals surface area contributed by atoms with Gasteiger partial charge in [0.2, 0.25) is 0 Å². The van der Waals surface area contributed by atoms with Gasteiger partial charge in [0, 0.05) is 0 Å². The van der Waals surface area contributed by atoms with Gasteiger partial charge < -0.3 is 0 Å². The van der Waals surface area contributed by atoms with E-state index in [1.807, 2.05) is 6.92 Å². The minimum Gasteiger partial charge on any atom is -0.284 e. The van der Waals surface area contributed by atoms with Gasteiger partial charge in [-0.15, -0.1) is 0 Å². The fourth-order valence-corrected chi connectivity index (χ4v) is 0.236. The predicted molar refractivity (Wildman–Crippen MR) is 38.5 cm³/mol. The molecule has 0 aliphatic carbocycles. The average molecular weight is 152 g/mol. The molecule has 2 N–H and O–H groups in total. The molecule has 4 heteroatoms. The molecular formula is C5H12O3S. The summed E-state index contributed by atoms with van der Waals surface area (Å²) in [6.45, 7) is 4.16. The van der Waals surface area contributed by atoms with Crippen LogP contribution in [0.25, 0.3) is 0 Å². The summed E-state index contributed by atoms with van der Waals surface area (Å²) in [7, 11) is 0. The molecule has 0 saturated carbocycles. The van der Waals surface area contributed by atoms with E-state index in [9.17, 15) is 0 Å². The van der Waals surface area contributed by atoms with Crippen LogP contribution in [0.3, 0.4) is 0 Å². The summed E-state index contributed by atoms with van der Waals surface area (Å²) >= 11 is -2.61. The zero-order valence-electron chi connectivity index (χ0n) is 5.57. The highest BCUT2D eigenvalue weighted by molar-refractivity contribution is 7.73. The molecule has 0 radical (unpaired) electrons. The lowest BCUT2D eigenvalue weighted by Gasteiger charge is -1.65. The Morgan fingerprint density at radius 1 is 1.56 bits per heavy atom. The lowest BCUT2D eigenvalue weighted by atomic mass is 10.4. The Morgan fingerprint density at radius 2 is 1.89 bits per heavy atom. The quantitative estimate of drug-likeness (QED) is 0.443. The molecule has 0 unspecified atom stereocenters. The summed E-state index contributed by atoms with van der Waals surface area (Å²) < 4.78 is 22.8. The zero-order valence-corrected chi connectivity index (χ0v) is 6.39. The Kier molecular flexibility index (Phi) is 13.8. The number of hydrogen-bond acceptors (Lipinski definition) is 1. The fourth-order valence-electron chi connectivity index (χ4n) is 0.236. The second kappa shape index (κ2) is 10.7. The molecule has 0 heterocycles. The third-order valence-electron chi connectivity index (χ3n) is 0.471. The Hall–Kier alpha value is -0.190. The summed E-state index contributed by atoms with van der Waals surface area (Å²) in [5, 5.41) is 0. The molecule has 0 fully saturated rings. The van der Waals surface area contributed by atoms with Crippen molar-refractivity contribution in [1.29, 1.82) is 0 Å². The summed E-state index contributed by atoms with van der Waals surface area (Å²) in [4.78, 5) is 0. The van der Waals surface area contributed by atoms with E-state index in [0.29, 0.717) is 0 Å². The summed E-state index contributed by atoms with van der Waals surface area (Å²) in [5.41, 5.74) is 0. The molecule has 0 saturated heterocycles. The standard InChI is InChI=1S/C5H10.H2O3S/c1-3-5-4-2;1-4(2)3/h3,5H,4H2,1-2H3;(H2,1,2,3). The third-order valence-corrected chi connectivity index (χ3v) is 0.471. The predicted octanol–water partition coefficient (Wildman–Crippen LogP) is 1.65. The molecule has 3 nitrogen and oxygen atoms in total. The van der Waals surface area contributed by atoms with Gasteiger partial charge in [0.1, 0.15) is 0 Å². The van der Waals surface area contributed by atoms with Gasteiger partial charge in [-0.1, -0.05) is 19.1 Å². The number of hydrogen-bond donors (Lipinski definition) is 2. The van der Waals surface area contributed by atoms with E-state index in [0.717, 1.165) is 6.42 Å². The van der Waals surface area contributed by atoms with Gasteiger partial charge in [-0.2, -0.15) is 4.21 Å². The minimum atomic E-state index is -2.61. The molecular weight excluding hydrogens is 140 g/mol. The first kappa shape index (κ1) is 11.6. The summed E-state index contributed by atoms with van der Waals surface area (Å²) in [5.74, 6) is 0. The Labute approximate surface area is 57.9 Å². The zero-order chi connectivity index (χ0) is 7.70. The van der Waals surface area contributed by atoms with Gasteiger partial charge in [-0.25, -0.2) is 0 Å². The van der Waals surface area contributed by atoms with Crippen LogP contribution in [0.1, 0.15) is 20.3 Å². The van der Waals surface area contributed by atoms with Crippen molar-refractivity contribution in [3.8, 4) is 0 Å². The number of rotatable bonds is 1. The van der Waals surface area contributed by atoms with Gasteiger partial charge in [-0.3, -0.25) is 9.11 Å². The lowest BCUT2D eigenvalue weighted by Crippen LogP contribution is -1.74. The highest BCUT2D eigenvalue weighted by Crippen LogP contribution is 1.73. The van der Waals surface area contributed by atoms with Gasteiger partial charge in [0.25, 0.3) is 11.4 Å². The third kappa shape index (κ3) is 80.5. The van der Waals surface area contributed by atoms with Crippen LogP contribution in [-0.4, -0.2) is 13.3 Å². The van der Waals surface area contributed by atoms with Crippen molar-refractivity contribution in [1.82, 2.24) is 0 Å². The molecule has 0 aliphatic heterocycles. The van der Waals surface area contributed by atoms with E-state index in [1.165, 1.54) is 0 Å². The van der Waals surface area contributed by atoms with Crippen LogP contribution in [0.2, 0.25) is 0 Å². The highest BCUT2D eigenvalue weighted by atomic mass is 32.2. The first-order chi connectivity index (χ1) is 4.15. The molecule has 0 aromatic carbocycles. The lowest BCUT2D eigenvalue weighted by molar-refractivity contribution is 0.454. The van der Waals surface area contributed by atoms with Crippen LogP contribution >= 0.6 is 0 Å². The van der Waals surface area contributed by atoms with E-state index in [1.54, 1.807) is 0 Å². The molecule has 0 aliphatic rings.